The fourth-order valence-corrected chi connectivity index (χ4v) is 0.893. The predicted molar refractivity (Wildman–Crippen MR) is 46.9 cm³/mol. The summed E-state index contributed by atoms with van der Waals surface area (Å²) in [4.78, 5) is 10.0. The van der Waals surface area contributed by atoms with Gasteiger partial charge >= 0.3 is 5.97 Å². The van der Waals surface area contributed by atoms with Gasteiger partial charge in [-0.1, -0.05) is 26.2 Å². The first-order valence-corrected chi connectivity index (χ1v) is 4.26. The normalized spacial score (nSPS) is 13.5. The van der Waals surface area contributed by atoms with E-state index in [-0.39, 0.29) is 0 Å². The first-order chi connectivity index (χ1) is 5.66. The standard InChI is InChI=1S/C9H16O3/c1-2-3-4-5-8(10)6-7-9(11)12/h6-8,10H,2-5H2,1H3,(H,11,12)/b7-6+. The number of rotatable bonds is 6. The summed E-state index contributed by atoms with van der Waals surface area (Å²) >= 11 is 0. The van der Waals surface area contributed by atoms with E-state index in [1.807, 2.05) is 0 Å². The lowest BCUT2D eigenvalue weighted by atomic mass is 10.1. The van der Waals surface area contributed by atoms with Crippen LogP contribution < -0.4 is 0 Å². The molecule has 0 aliphatic rings. The highest BCUT2D eigenvalue weighted by Gasteiger charge is 1.98. The Hall–Kier alpha value is -0.830. The molecule has 0 radical (unpaired) electrons. The lowest BCUT2D eigenvalue weighted by molar-refractivity contribution is -0.131. The van der Waals surface area contributed by atoms with Gasteiger partial charge in [-0.3, -0.25) is 0 Å². The minimum absolute atomic E-state index is 0.604. The molecule has 0 saturated heterocycles. The molecular weight excluding hydrogens is 156 g/mol. The van der Waals surface area contributed by atoms with Crippen molar-refractivity contribution in [3.8, 4) is 0 Å². The molecule has 1 atom stereocenters. The van der Waals surface area contributed by atoms with Crippen LogP contribution in [0.15, 0.2) is 12.2 Å². The summed E-state index contributed by atoms with van der Waals surface area (Å²) in [6.45, 7) is 2.08. The second-order valence-corrected chi connectivity index (χ2v) is 2.76. The Labute approximate surface area is 72.7 Å². The summed E-state index contributed by atoms with van der Waals surface area (Å²) in [5.41, 5.74) is 0. The third-order valence-corrected chi connectivity index (χ3v) is 1.56. The monoisotopic (exact) mass is 172 g/mol. The maximum atomic E-state index is 10.0. The van der Waals surface area contributed by atoms with E-state index >= 15 is 0 Å². The molecule has 0 saturated carbocycles. The van der Waals surface area contributed by atoms with Gasteiger partial charge in [0.2, 0.25) is 0 Å². The summed E-state index contributed by atoms with van der Waals surface area (Å²) in [6.07, 6.45) is 5.48. The quantitative estimate of drug-likeness (QED) is 0.472. The summed E-state index contributed by atoms with van der Waals surface area (Å²) in [5, 5.41) is 17.4. The molecule has 0 aliphatic carbocycles. The number of carboxylic acids is 1. The summed E-state index contributed by atoms with van der Waals surface area (Å²) in [7, 11) is 0. The first-order valence-electron chi connectivity index (χ1n) is 4.26. The van der Waals surface area contributed by atoms with Crippen LogP contribution in [0.25, 0.3) is 0 Å². The average molecular weight is 172 g/mol. The fourth-order valence-electron chi connectivity index (χ4n) is 0.893. The van der Waals surface area contributed by atoms with Crippen molar-refractivity contribution in [2.24, 2.45) is 0 Å². The van der Waals surface area contributed by atoms with Gasteiger partial charge in [0.15, 0.2) is 0 Å². The van der Waals surface area contributed by atoms with Crippen LogP contribution >= 0.6 is 0 Å². The van der Waals surface area contributed by atoms with Crippen molar-refractivity contribution in [2.45, 2.75) is 38.7 Å². The van der Waals surface area contributed by atoms with E-state index in [4.69, 9.17) is 5.11 Å². The van der Waals surface area contributed by atoms with Gasteiger partial charge in [0, 0.05) is 6.08 Å². The van der Waals surface area contributed by atoms with Crippen LogP contribution in [0.2, 0.25) is 0 Å². The molecule has 0 fully saturated rings. The summed E-state index contributed by atoms with van der Waals surface area (Å²) in [5.74, 6) is -1.01. The van der Waals surface area contributed by atoms with Crippen LogP contribution in [-0.4, -0.2) is 22.3 Å². The average Bonchev–Trinajstić information content (AvgIpc) is 2.01. The molecule has 0 bridgehead atoms. The number of aliphatic carboxylic acids is 1. The third kappa shape index (κ3) is 7.28. The largest absolute Gasteiger partial charge is 0.478 e. The lowest BCUT2D eigenvalue weighted by Crippen LogP contribution is -2.02. The van der Waals surface area contributed by atoms with Gasteiger partial charge in [-0.05, 0) is 12.5 Å². The number of carbonyl (C=O) groups is 1. The van der Waals surface area contributed by atoms with E-state index in [1.165, 1.54) is 6.08 Å². The van der Waals surface area contributed by atoms with Gasteiger partial charge in [0.1, 0.15) is 0 Å². The maximum absolute atomic E-state index is 10.0. The van der Waals surface area contributed by atoms with Crippen LogP contribution in [0.5, 0.6) is 0 Å². The van der Waals surface area contributed by atoms with Gasteiger partial charge < -0.3 is 10.2 Å². The molecule has 0 rings (SSSR count). The van der Waals surface area contributed by atoms with Crippen molar-refractivity contribution < 1.29 is 15.0 Å². The smallest absolute Gasteiger partial charge is 0.328 e. The highest BCUT2D eigenvalue weighted by Crippen LogP contribution is 2.03. The number of hydrogen-bond acceptors (Lipinski definition) is 2. The second kappa shape index (κ2) is 6.85. The summed E-state index contributed by atoms with van der Waals surface area (Å²) in [6, 6.07) is 0. The van der Waals surface area contributed by atoms with Crippen molar-refractivity contribution in [1.82, 2.24) is 0 Å². The molecule has 0 aliphatic heterocycles. The molecule has 0 aromatic heterocycles. The lowest BCUT2D eigenvalue weighted by Gasteiger charge is -2.02. The van der Waals surface area contributed by atoms with Crippen LogP contribution in [0.4, 0.5) is 0 Å². The zero-order valence-corrected chi connectivity index (χ0v) is 7.36. The molecule has 0 amide bonds. The van der Waals surface area contributed by atoms with Crippen molar-refractivity contribution in [2.75, 3.05) is 0 Å². The molecule has 12 heavy (non-hydrogen) atoms. The van der Waals surface area contributed by atoms with Gasteiger partial charge in [-0.15, -0.1) is 0 Å². The molecular formula is C9H16O3. The third-order valence-electron chi connectivity index (χ3n) is 1.56. The highest BCUT2D eigenvalue weighted by molar-refractivity contribution is 5.79. The van der Waals surface area contributed by atoms with Crippen molar-refractivity contribution in [1.29, 1.82) is 0 Å². The molecule has 3 nitrogen and oxygen atoms in total. The Morgan fingerprint density at radius 2 is 2.17 bits per heavy atom. The van der Waals surface area contributed by atoms with Crippen LogP contribution in [0.1, 0.15) is 32.6 Å². The molecule has 3 heteroatoms. The van der Waals surface area contributed by atoms with Gasteiger partial charge in [0.25, 0.3) is 0 Å². The van der Waals surface area contributed by atoms with Crippen LogP contribution in [0, 0.1) is 0 Å². The Bertz CT molecular complexity index is 152. The maximum Gasteiger partial charge on any atom is 0.328 e. The fraction of sp³-hybridized carbons (Fsp3) is 0.667. The molecule has 0 aromatic carbocycles. The van der Waals surface area contributed by atoms with E-state index in [0.29, 0.717) is 6.42 Å². The molecule has 0 heterocycles. The topological polar surface area (TPSA) is 57.5 Å². The number of unbranched alkanes of at least 4 members (excludes halogenated alkanes) is 2. The Morgan fingerprint density at radius 1 is 1.50 bits per heavy atom. The van der Waals surface area contributed by atoms with Crippen molar-refractivity contribution in [3.05, 3.63) is 12.2 Å². The highest BCUT2D eigenvalue weighted by atomic mass is 16.4. The van der Waals surface area contributed by atoms with Crippen LogP contribution in [0.3, 0.4) is 0 Å². The Balaban J connectivity index is 3.45. The summed E-state index contributed by atoms with van der Waals surface area (Å²) < 4.78 is 0. The second-order valence-electron chi connectivity index (χ2n) is 2.76. The first kappa shape index (κ1) is 11.2. The molecule has 70 valence electrons. The van der Waals surface area contributed by atoms with Gasteiger partial charge in [-0.25, -0.2) is 4.79 Å². The molecule has 0 aromatic rings. The van der Waals surface area contributed by atoms with Crippen molar-refractivity contribution >= 4 is 5.97 Å². The molecule has 1 unspecified atom stereocenters. The van der Waals surface area contributed by atoms with E-state index in [9.17, 15) is 9.90 Å². The van der Waals surface area contributed by atoms with E-state index < -0.39 is 12.1 Å². The van der Waals surface area contributed by atoms with Crippen molar-refractivity contribution in [3.63, 3.8) is 0 Å². The Kier molecular flexibility index (Phi) is 6.38. The minimum Gasteiger partial charge on any atom is -0.478 e. The number of hydrogen-bond donors (Lipinski definition) is 2. The minimum atomic E-state index is -1.01. The SMILES string of the molecule is CCCCCC(O)/C=C/C(=O)O. The predicted octanol–water partition coefficient (Wildman–Crippen LogP) is 1.57. The van der Waals surface area contributed by atoms with Crippen LogP contribution in [-0.2, 0) is 4.79 Å². The Morgan fingerprint density at radius 3 is 2.67 bits per heavy atom. The molecule has 2 N–H and O–H groups in total. The zero-order chi connectivity index (χ0) is 9.40. The van der Waals surface area contributed by atoms with E-state index in [1.54, 1.807) is 0 Å². The number of carboxylic acid groups (broad SMARTS) is 1. The van der Waals surface area contributed by atoms with Gasteiger partial charge in [-0.2, -0.15) is 0 Å². The number of aliphatic hydroxyl groups excluding tert-OH is 1. The molecule has 0 spiro atoms. The van der Waals surface area contributed by atoms with Gasteiger partial charge in [0.05, 0.1) is 6.10 Å². The van der Waals surface area contributed by atoms with E-state index in [0.717, 1.165) is 25.3 Å². The van der Waals surface area contributed by atoms with E-state index in [2.05, 4.69) is 6.92 Å². The zero-order valence-electron chi connectivity index (χ0n) is 7.36. The number of aliphatic hydroxyl groups is 1.